The van der Waals surface area contributed by atoms with Gasteiger partial charge in [0.25, 0.3) is 0 Å². The molecule has 0 aliphatic rings. The summed E-state index contributed by atoms with van der Waals surface area (Å²) in [4.78, 5) is 15.6. The van der Waals surface area contributed by atoms with Crippen LogP contribution in [0.5, 0.6) is 0 Å². The van der Waals surface area contributed by atoms with Crippen LogP contribution < -0.4 is 5.43 Å². The molecule has 2 aromatic rings. The van der Waals surface area contributed by atoms with E-state index in [1.165, 1.54) is 0 Å². The minimum absolute atomic E-state index is 0.167. The number of hydrogen-bond acceptors (Lipinski definition) is 3. The first-order valence-corrected chi connectivity index (χ1v) is 6.50. The van der Waals surface area contributed by atoms with Crippen LogP contribution in [0.15, 0.2) is 58.4 Å². The van der Waals surface area contributed by atoms with Crippen molar-refractivity contribution in [1.29, 1.82) is 0 Å². The van der Waals surface area contributed by atoms with Crippen molar-refractivity contribution in [3.8, 4) is 0 Å². The number of nitrogens with zero attached hydrogens (tertiary/aromatic N) is 2. The van der Waals surface area contributed by atoms with Crippen molar-refractivity contribution in [2.75, 3.05) is 0 Å². The number of hydrazone groups is 1. The number of rotatable bonds is 4. The predicted octanol–water partition coefficient (Wildman–Crippen LogP) is 2.54. The van der Waals surface area contributed by atoms with Gasteiger partial charge in [-0.3, -0.25) is 9.78 Å². The van der Waals surface area contributed by atoms with Gasteiger partial charge >= 0.3 is 0 Å². The van der Waals surface area contributed by atoms with Gasteiger partial charge in [0.1, 0.15) is 0 Å². The van der Waals surface area contributed by atoms with Crippen molar-refractivity contribution >= 4 is 28.1 Å². The smallest absolute Gasteiger partial charge is 0.244 e. The maximum Gasteiger partial charge on any atom is 0.244 e. The molecule has 2 rings (SSSR count). The standard InChI is InChI=1S/C14H12BrN3O/c15-13-5-1-3-11(7-13)10-17-18-14(19)8-12-4-2-6-16-9-12/h1-7,9-10H,8H2,(H,18,19)/b17-10+. The number of carbonyl (C=O) groups is 1. The summed E-state index contributed by atoms with van der Waals surface area (Å²) in [5, 5.41) is 3.91. The second-order valence-electron chi connectivity index (χ2n) is 3.89. The Labute approximate surface area is 119 Å². The molecule has 0 unspecified atom stereocenters. The number of aromatic nitrogens is 1. The largest absolute Gasteiger partial charge is 0.273 e. The van der Waals surface area contributed by atoms with Gasteiger partial charge in [-0.1, -0.05) is 34.1 Å². The Kier molecular flexibility index (Phi) is 4.80. The normalized spacial score (nSPS) is 10.6. The van der Waals surface area contributed by atoms with Gasteiger partial charge in [0.15, 0.2) is 0 Å². The van der Waals surface area contributed by atoms with Crippen molar-refractivity contribution in [3.05, 3.63) is 64.4 Å². The van der Waals surface area contributed by atoms with Crippen LogP contribution in [0, 0.1) is 0 Å². The Morgan fingerprint density at radius 2 is 2.26 bits per heavy atom. The highest BCUT2D eigenvalue weighted by Gasteiger charge is 2.01. The molecule has 1 aromatic carbocycles. The van der Waals surface area contributed by atoms with E-state index in [9.17, 15) is 4.79 Å². The molecule has 0 fully saturated rings. The van der Waals surface area contributed by atoms with Gasteiger partial charge in [-0.2, -0.15) is 5.10 Å². The van der Waals surface area contributed by atoms with Crippen molar-refractivity contribution in [2.24, 2.45) is 5.10 Å². The maximum absolute atomic E-state index is 11.6. The summed E-state index contributed by atoms with van der Waals surface area (Å²) in [5.74, 6) is -0.167. The lowest BCUT2D eigenvalue weighted by Crippen LogP contribution is -2.19. The zero-order valence-electron chi connectivity index (χ0n) is 10.1. The van der Waals surface area contributed by atoms with Gasteiger partial charge in [-0.15, -0.1) is 0 Å². The monoisotopic (exact) mass is 317 g/mol. The Morgan fingerprint density at radius 1 is 1.37 bits per heavy atom. The van der Waals surface area contributed by atoms with Crippen LogP contribution in [0.2, 0.25) is 0 Å². The summed E-state index contributed by atoms with van der Waals surface area (Å²) in [6.45, 7) is 0. The quantitative estimate of drug-likeness (QED) is 0.696. The molecular weight excluding hydrogens is 306 g/mol. The third-order valence-corrected chi connectivity index (χ3v) is 2.83. The topological polar surface area (TPSA) is 54.4 Å². The molecule has 0 atom stereocenters. The van der Waals surface area contributed by atoms with Crippen molar-refractivity contribution in [2.45, 2.75) is 6.42 Å². The summed E-state index contributed by atoms with van der Waals surface area (Å²) in [6.07, 6.45) is 5.21. The number of amides is 1. The van der Waals surface area contributed by atoms with E-state index in [-0.39, 0.29) is 12.3 Å². The first-order chi connectivity index (χ1) is 9.24. The lowest BCUT2D eigenvalue weighted by molar-refractivity contribution is -0.120. The fraction of sp³-hybridized carbons (Fsp3) is 0.0714. The average Bonchev–Trinajstić information content (AvgIpc) is 2.40. The molecule has 19 heavy (non-hydrogen) atoms. The highest BCUT2D eigenvalue weighted by atomic mass is 79.9. The Morgan fingerprint density at radius 3 is 3.00 bits per heavy atom. The molecule has 0 spiro atoms. The van der Waals surface area contributed by atoms with E-state index in [0.29, 0.717) is 0 Å². The lowest BCUT2D eigenvalue weighted by Gasteiger charge is -1.99. The molecule has 0 saturated heterocycles. The SMILES string of the molecule is O=C(Cc1cccnc1)N/N=C/c1cccc(Br)c1. The first-order valence-electron chi connectivity index (χ1n) is 5.70. The molecule has 1 amide bonds. The highest BCUT2D eigenvalue weighted by Crippen LogP contribution is 2.09. The molecule has 0 radical (unpaired) electrons. The number of carbonyl (C=O) groups excluding carboxylic acids is 1. The Balaban J connectivity index is 1.87. The van der Waals surface area contributed by atoms with Crippen LogP contribution in [0.25, 0.3) is 0 Å². The number of pyridine rings is 1. The summed E-state index contributed by atoms with van der Waals surface area (Å²) >= 11 is 3.37. The van der Waals surface area contributed by atoms with Crippen LogP contribution >= 0.6 is 15.9 Å². The Hall–Kier alpha value is -2.01. The molecule has 1 aromatic heterocycles. The van der Waals surface area contributed by atoms with E-state index in [2.05, 4.69) is 31.4 Å². The highest BCUT2D eigenvalue weighted by molar-refractivity contribution is 9.10. The van der Waals surface area contributed by atoms with Gasteiger partial charge in [0.2, 0.25) is 5.91 Å². The van der Waals surface area contributed by atoms with Crippen molar-refractivity contribution < 1.29 is 4.79 Å². The van der Waals surface area contributed by atoms with Gasteiger partial charge in [0.05, 0.1) is 12.6 Å². The molecule has 0 saturated carbocycles. The van der Waals surface area contributed by atoms with Gasteiger partial charge in [-0.25, -0.2) is 5.43 Å². The summed E-state index contributed by atoms with van der Waals surface area (Å²) in [7, 11) is 0. The number of halogens is 1. The van der Waals surface area contributed by atoms with Crippen LogP contribution in [0.1, 0.15) is 11.1 Å². The van der Waals surface area contributed by atoms with Crippen LogP contribution in [0.3, 0.4) is 0 Å². The second kappa shape index (κ2) is 6.80. The minimum Gasteiger partial charge on any atom is -0.273 e. The van der Waals surface area contributed by atoms with Crippen LogP contribution in [-0.2, 0) is 11.2 Å². The number of nitrogens with one attached hydrogen (secondary N) is 1. The van der Waals surface area contributed by atoms with E-state index < -0.39 is 0 Å². The van der Waals surface area contributed by atoms with E-state index in [0.717, 1.165) is 15.6 Å². The molecule has 0 aliphatic heterocycles. The second-order valence-corrected chi connectivity index (χ2v) is 4.80. The van der Waals surface area contributed by atoms with Crippen molar-refractivity contribution in [1.82, 2.24) is 10.4 Å². The third-order valence-electron chi connectivity index (χ3n) is 2.34. The van der Waals surface area contributed by atoms with E-state index in [1.54, 1.807) is 24.7 Å². The summed E-state index contributed by atoms with van der Waals surface area (Å²) in [5.41, 5.74) is 4.26. The molecule has 0 aliphatic carbocycles. The minimum atomic E-state index is -0.167. The fourth-order valence-electron chi connectivity index (χ4n) is 1.49. The van der Waals surface area contributed by atoms with Gasteiger partial charge < -0.3 is 0 Å². The molecule has 1 N–H and O–H groups in total. The zero-order valence-corrected chi connectivity index (χ0v) is 11.7. The number of hydrogen-bond donors (Lipinski definition) is 1. The van der Waals surface area contributed by atoms with Crippen molar-refractivity contribution in [3.63, 3.8) is 0 Å². The fourth-order valence-corrected chi connectivity index (χ4v) is 1.91. The molecule has 96 valence electrons. The Bertz CT molecular complexity index is 584. The van der Waals surface area contributed by atoms with Gasteiger partial charge in [0, 0.05) is 16.9 Å². The summed E-state index contributed by atoms with van der Waals surface area (Å²) < 4.78 is 0.970. The van der Waals surface area contributed by atoms with Gasteiger partial charge in [-0.05, 0) is 29.3 Å². The van der Waals surface area contributed by atoms with E-state index >= 15 is 0 Å². The average molecular weight is 318 g/mol. The molecule has 0 bridgehead atoms. The van der Waals surface area contributed by atoms with E-state index in [1.807, 2.05) is 30.3 Å². The summed E-state index contributed by atoms with van der Waals surface area (Å²) in [6, 6.07) is 11.3. The number of benzene rings is 1. The molecule has 1 heterocycles. The third kappa shape index (κ3) is 4.63. The molecule has 4 nitrogen and oxygen atoms in total. The first kappa shape index (κ1) is 13.4. The maximum atomic E-state index is 11.6. The van der Waals surface area contributed by atoms with Crippen LogP contribution in [0.4, 0.5) is 0 Å². The van der Waals surface area contributed by atoms with E-state index in [4.69, 9.17) is 0 Å². The molecular formula is C14H12BrN3O. The lowest BCUT2D eigenvalue weighted by atomic mass is 10.2. The zero-order chi connectivity index (χ0) is 13.5. The predicted molar refractivity (Wildman–Crippen MR) is 77.8 cm³/mol. The van der Waals surface area contributed by atoms with Crippen LogP contribution in [-0.4, -0.2) is 17.1 Å². The molecule has 5 heteroatoms.